The van der Waals surface area contributed by atoms with Crippen molar-refractivity contribution < 1.29 is 4.74 Å². The molecular formula is C15H33N3O. The molecule has 1 rings (SSSR count). The molecule has 0 amide bonds. The largest absolute Gasteiger partial charge is 0.381 e. The first-order valence-electron chi connectivity index (χ1n) is 7.95. The fourth-order valence-electron chi connectivity index (χ4n) is 2.79. The number of nitrogens with zero attached hydrogens (tertiary/aromatic N) is 2. The summed E-state index contributed by atoms with van der Waals surface area (Å²) in [6.07, 6.45) is 3.24. The van der Waals surface area contributed by atoms with Crippen LogP contribution in [0.3, 0.4) is 0 Å². The summed E-state index contributed by atoms with van der Waals surface area (Å²) < 4.78 is 5.42. The van der Waals surface area contributed by atoms with Gasteiger partial charge < -0.3 is 20.3 Å². The Balaban J connectivity index is 2.28. The Hall–Kier alpha value is -0.160. The quantitative estimate of drug-likeness (QED) is 0.691. The van der Waals surface area contributed by atoms with E-state index >= 15 is 0 Å². The lowest BCUT2D eigenvalue weighted by Crippen LogP contribution is -2.53. The summed E-state index contributed by atoms with van der Waals surface area (Å²) in [7, 11) is 0. The van der Waals surface area contributed by atoms with Crippen molar-refractivity contribution in [2.75, 3.05) is 52.5 Å². The predicted octanol–water partition coefficient (Wildman–Crippen LogP) is 1.55. The summed E-state index contributed by atoms with van der Waals surface area (Å²) in [5.74, 6) is 0. The van der Waals surface area contributed by atoms with E-state index in [0.29, 0.717) is 0 Å². The fraction of sp³-hybridized carbons (Fsp3) is 1.00. The minimum absolute atomic E-state index is 0.0243. The van der Waals surface area contributed by atoms with Crippen LogP contribution in [0.1, 0.15) is 40.0 Å². The molecule has 19 heavy (non-hydrogen) atoms. The molecule has 1 heterocycles. The van der Waals surface area contributed by atoms with Gasteiger partial charge >= 0.3 is 0 Å². The van der Waals surface area contributed by atoms with Gasteiger partial charge in [0.25, 0.3) is 0 Å². The van der Waals surface area contributed by atoms with Gasteiger partial charge in [-0.15, -0.1) is 0 Å². The van der Waals surface area contributed by atoms with Crippen LogP contribution in [-0.4, -0.2) is 67.8 Å². The first-order chi connectivity index (χ1) is 9.13. The molecule has 0 aromatic heterocycles. The zero-order valence-corrected chi connectivity index (χ0v) is 13.2. The highest BCUT2D eigenvalue weighted by molar-refractivity contribution is 4.89. The van der Waals surface area contributed by atoms with Crippen molar-refractivity contribution in [1.29, 1.82) is 0 Å². The van der Waals surface area contributed by atoms with Gasteiger partial charge in [-0.25, -0.2) is 0 Å². The third-order valence-electron chi connectivity index (χ3n) is 4.32. The fourth-order valence-corrected chi connectivity index (χ4v) is 2.79. The number of nitrogens with two attached hydrogens (primary N) is 1. The minimum Gasteiger partial charge on any atom is -0.381 e. The van der Waals surface area contributed by atoms with Crippen LogP contribution >= 0.6 is 0 Å². The second-order valence-electron chi connectivity index (χ2n) is 5.72. The molecule has 0 aliphatic carbocycles. The predicted molar refractivity (Wildman–Crippen MR) is 81.5 cm³/mol. The van der Waals surface area contributed by atoms with Crippen LogP contribution in [0.5, 0.6) is 0 Å². The van der Waals surface area contributed by atoms with E-state index in [1.807, 2.05) is 0 Å². The molecule has 4 nitrogen and oxygen atoms in total. The molecule has 4 heteroatoms. The zero-order valence-electron chi connectivity index (χ0n) is 13.2. The van der Waals surface area contributed by atoms with E-state index in [2.05, 4.69) is 30.6 Å². The summed E-state index contributed by atoms with van der Waals surface area (Å²) in [6.45, 7) is 15.1. The smallest absolute Gasteiger partial charge is 0.0484 e. The topological polar surface area (TPSA) is 41.7 Å². The average Bonchev–Trinajstić information content (AvgIpc) is 2.43. The Morgan fingerprint density at radius 2 is 1.47 bits per heavy atom. The molecule has 1 aliphatic rings. The van der Waals surface area contributed by atoms with Gasteiger partial charge in [0.1, 0.15) is 0 Å². The highest BCUT2D eigenvalue weighted by Gasteiger charge is 2.29. The molecule has 0 spiro atoms. The summed E-state index contributed by atoms with van der Waals surface area (Å²) in [5.41, 5.74) is 6.46. The third kappa shape index (κ3) is 6.21. The van der Waals surface area contributed by atoms with Crippen LogP contribution in [0.15, 0.2) is 0 Å². The molecule has 0 unspecified atom stereocenters. The van der Waals surface area contributed by atoms with Crippen LogP contribution in [0.2, 0.25) is 0 Å². The zero-order chi connectivity index (χ0) is 14.1. The van der Waals surface area contributed by atoms with E-state index in [9.17, 15) is 0 Å². The van der Waals surface area contributed by atoms with Gasteiger partial charge in [-0.3, -0.25) is 0 Å². The van der Waals surface area contributed by atoms with Crippen molar-refractivity contribution in [3.63, 3.8) is 0 Å². The maximum absolute atomic E-state index is 6.49. The van der Waals surface area contributed by atoms with Crippen LogP contribution < -0.4 is 5.73 Å². The molecule has 0 saturated carbocycles. The van der Waals surface area contributed by atoms with Crippen molar-refractivity contribution in [2.45, 2.75) is 45.6 Å². The van der Waals surface area contributed by atoms with E-state index in [1.165, 1.54) is 13.0 Å². The Labute approximate surface area is 119 Å². The molecule has 1 fully saturated rings. The average molecular weight is 271 g/mol. The van der Waals surface area contributed by atoms with Gasteiger partial charge in [0.2, 0.25) is 0 Å². The highest BCUT2D eigenvalue weighted by atomic mass is 16.5. The van der Waals surface area contributed by atoms with Crippen LogP contribution in [0, 0.1) is 0 Å². The maximum Gasteiger partial charge on any atom is 0.0484 e. The molecule has 0 bridgehead atoms. The van der Waals surface area contributed by atoms with Gasteiger partial charge in [-0.05, 0) is 52.0 Å². The Bertz CT molecular complexity index is 225. The Morgan fingerprint density at radius 3 is 2.00 bits per heavy atom. The molecule has 2 N–H and O–H groups in total. The first-order valence-corrected chi connectivity index (χ1v) is 7.95. The van der Waals surface area contributed by atoms with E-state index < -0.39 is 0 Å². The van der Waals surface area contributed by atoms with E-state index in [1.54, 1.807) is 0 Å². The van der Waals surface area contributed by atoms with Crippen molar-refractivity contribution in [3.8, 4) is 0 Å². The normalized spacial score (nSPS) is 19.3. The van der Waals surface area contributed by atoms with E-state index in [-0.39, 0.29) is 5.54 Å². The van der Waals surface area contributed by atoms with E-state index in [4.69, 9.17) is 10.5 Å². The first kappa shape index (κ1) is 16.9. The number of ether oxygens (including phenoxy) is 1. The molecule has 0 atom stereocenters. The summed E-state index contributed by atoms with van der Waals surface area (Å²) in [6, 6.07) is 0. The highest BCUT2D eigenvalue weighted by Crippen LogP contribution is 2.19. The van der Waals surface area contributed by atoms with Gasteiger partial charge in [0.15, 0.2) is 0 Å². The minimum atomic E-state index is -0.0243. The lowest BCUT2D eigenvalue weighted by Gasteiger charge is -2.38. The van der Waals surface area contributed by atoms with Crippen LogP contribution in [0.4, 0.5) is 0 Å². The molecule has 0 aromatic carbocycles. The Morgan fingerprint density at radius 1 is 0.947 bits per heavy atom. The lowest BCUT2D eigenvalue weighted by molar-refractivity contribution is 0.0378. The molecular weight excluding hydrogens is 238 g/mol. The summed E-state index contributed by atoms with van der Waals surface area (Å²) >= 11 is 0. The maximum atomic E-state index is 6.49. The van der Waals surface area contributed by atoms with Crippen molar-refractivity contribution in [2.24, 2.45) is 5.73 Å². The number of hydrogen-bond acceptors (Lipinski definition) is 4. The third-order valence-corrected chi connectivity index (χ3v) is 4.32. The SMILES string of the molecule is CCN(CC)CCCN(CC)CC1(N)CCOCC1. The van der Waals surface area contributed by atoms with E-state index in [0.717, 1.165) is 58.8 Å². The molecule has 0 aromatic rings. The molecule has 1 aliphatic heterocycles. The van der Waals surface area contributed by atoms with Crippen LogP contribution in [0.25, 0.3) is 0 Å². The van der Waals surface area contributed by atoms with Gasteiger partial charge in [-0.2, -0.15) is 0 Å². The van der Waals surface area contributed by atoms with Crippen LogP contribution in [-0.2, 0) is 4.74 Å². The van der Waals surface area contributed by atoms with Crippen molar-refractivity contribution >= 4 is 0 Å². The monoisotopic (exact) mass is 271 g/mol. The van der Waals surface area contributed by atoms with Gasteiger partial charge in [0.05, 0.1) is 0 Å². The molecule has 0 radical (unpaired) electrons. The number of rotatable bonds is 9. The summed E-state index contributed by atoms with van der Waals surface area (Å²) in [4.78, 5) is 5.00. The standard InChI is InChI=1S/C15H33N3O/c1-4-17(5-2)10-7-11-18(6-3)14-15(16)8-12-19-13-9-15/h4-14,16H2,1-3H3. The molecule has 1 saturated heterocycles. The Kier molecular flexibility index (Phi) is 7.91. The van der Waals surface area contributed by atoms with Crippen molar-refractivity contribution in [3.05, 3.63) is 0 Å². The van der Waals surface area contributed by atoms with Crippen molar-refractivity contribution in [1.82, 2.24) is 9.80 Å². The number of likely N-dealkylation sites (N-methyl/N-ethyl adjacent to an activating group) is 1. The number of hydrogen-bond donors (Lipinski definition) is 1. The molecule has 114 valence electrons. The van der Waals surface area contributed by atoms with Gasteiger partial charge in [0, 0.05) is 25.3 Å². The summed E-state index contributed by atoms with van der Waals surface area (Å²) in [5, 5.41) is 0. The lowest BCUT2D eigenvalue weighted by atomic mass is 9.90. The second kappa shape index (κ2) is 8.90. The van der Waals surface area contributed by atoms with Gasteiger partial charge in [-0.1, -0.05) is 20.8 Å². The second-order valence-corrected chi connectivity index (χ2v) is 5.72.